The Bertz CT molecular complexity index is 733. The molecule has 126 valence electrons. The number of carbonyl (C=O) groups is 1. The van der Waals surface area contributed by atoms with Crippen molar-refractivity contribution < 1.29 is 23.7 Å². The van der Waals surface area contributed by atoms with Gasteiger partial charge in [-0.05, 0) is 23.8 Å². The molecule has 0 unspecified atom stereocenters. The summed E-state index contributed by atoms with van der Waals surface area (Å²) in [6.07, 6.45) is 3.17. The number of pyridine rings is 1. The zero-order valence-corrected chi connectivity index (χ0v) is 14.0. The number of benzene rings is 1. The van der Waals surface area contributed by atoms with Gasteiger partial charge in [0.2, 0.25) is 11.8 Å². The quantitative estimate of drug-likeness (QED) is 0.574. The van der Waals surface area contributed by atoms with Crippen molar-refractivity contribution in [2.24, 2.45) is 0 Å². The highest BCUT2D eigenvalue weighted by Crippen LogP contribution is 2.28. The molecule has 24 heavy (non-hydrogen) atoms. The lowest BCUT2D eigenvalue weighted by atomic mass is 10.1. The van der Waals surface area contributed by atoms with Gasteiger partial charge in [-0.3, -0.25) is 4.79 Å². The molecule has 0 bridgehead atoms. The van der Waals surface area contributed by atoms with Crippen LogP contribution in [0.1, 0.15) is 15.9 Å². The Labute approximate surface area is 140 Å². The lowest BCUT2D eigenvalue weighted by molar-refractivity contribution is 0.104. The predicted molar refractivity (Wildman–Crippen MR) is 90.3 cm³/mol. The Hall–Kier alpha value is -3.02. The zero-order chi connectivity index (χ0) is 17.5. The largest absolute Gasteiger partial charge is 0.493 e. The summed E-state index contributed by atoms with van der Waals surface area (Å²) in [5.74, 6) is 1.67. The zero-order valence-electron chi connectivity index (χ0n) is 14.0. The molecule has 6 nitrogen and oxygen atoms in total. The fourth-order valence-electron chi connectivity index (χ4n) is 2.06. The number of rotatable bonds is 7. The minimum atomic E-state index is -0.191. The topological polar surface area (TPSA) is 66.9 Å². The third-order valence-corrected chi connectivity index (χ3v) is 3.32. The Morgan fingerprint density at radius 2 is 1.50 bits per heavy atom. The lowest BCUT2D eigenvalue weighted by Gasteiger charge is -2.07. The van der Waals surface area contributed by atoms with Gasteiger partial charge in [-0.2, -0.15) is 4.98 Å². The first-order valence-electron chi connectivity index (χ1n) is 7.15. The van der Waals surface area contributed by atoms with Gasteiger partial charge < -0.3 is 18.9 Å². The van der Waals surface area contributed by atoms with Gasteiger partial charge in [0.25, 0.3) is 0 Å². The van der Waals surface area contributed by atoms with E-state index in [0.717, 1.165) is 5.56 Å². The van der Waals surface area contributed by atoms with Crippen molar-refractivity contribution in [2.45, 2.75) is 0 Å². The van der Waals surface area contributed by atoms with Crippen LogP contribution < -0.4 is 18.9 Å². The molecule has 0 saturated heterocycles. The number of carbonyl (C=O) groups excluding carboxylic acids is 1. The minimum absolute atomic E-state index is 0.191. The second kappa shape index (κ2) is 8.01. The van der Waals surface area contributed by atoms with Crippen LogP contribution in [0, 0.1) is 0 Å². The fourth-order valence-corrected chi connectivity index (χ4v) is 2.06. The third-order valence-electron chi connectivity index (χ3n) is 3.32. The van der Waals surface area contributed by atoms with E-state index in [1.54, 1.807) is 44.6 Å². The van der Waals surface area contributed by atoms with Crippen LogP contribution in [0.15, 0.2) is 36.4 Å². The number of hydrogen-bond donors (Lipinski definition) is 0. The van der Waals surface area contributed by atoms with Crippen molar-refractivity contribution in [1.82, 2.24) is 4.98 Å². The van der Waals surface area contributed by atoms with Crippen molar-refractivity contribution in [2.75, 3.05) is 28.4 Å². The van der Waals surface area contributed by atoms with Crippen LogP contribution in [0.5, 0.6) is 23.3 Å². The summed E-state index contributed by atoms with van der Waals surface area (Å²) in [7, 11) is 6.10. The molecule has 0 N–H and O–H groups in total. The summed E-state index contributed by atoms with van der Waals surface area (Å²) in [4.78, 5) is 16.4. The third kappa shape index (κ3) is 4.04. The van der Waals surface area contributed by atoms with Gasteiger partial charge in [0.05, 0.1) is 28.4 Å². The van der Waals surface area contributed by atoms with Crippen LogP contribution in [0.25, 0.3) is 6.08 Å². The Kier molecular flexibility index (Phi) is 5.78. The minimum Gasteiger partial charge on any atom is -0.493 e. The van der Waals surface area contributed by atoms with Crippen LogP contribution in [0.3, 0.4) is 0 Å². The van der Waals surface area contributed by atoms with E-state index in [9.17, 15) is 4.79 Å². The average Bonchev–Trinajstić information content (AvgIpc) is 2.65. The van der Waals surface area contributed by atoms with Gasteiger partial charge in [-0.15, -0.1) is 0 Å². The molecular formula is C18H19NO5. The molecule has 0 radical (unpaired) electrons. The van der Waals surface area contributed by atoms with Crippen LogP contribution in [0.2, 0.25) is 0 Å². The van der Waals surface area contributed by atoms with E-state index < -0.39 is 0 Å². The standard InChI is InChI=1S/C18H19NO5/c1-21-15-8-6-12(9-16(15)22-2)5-7-14(20)13-10-17(23-3)19-18(11-13)24-4/h5-11H,1-4H3/b7-5+. The second-order valence-corrected chi connectivity index (χ2v) is 4.75. The number of methoxy groups -OCH3 is 4. The maximum absolute atomic E-state index is 12.4. The van der Waals surface area contributed by atoms with E-state index in [0.29, 0.717) is 28.8 Å². The SMILES string of the molecule is COc1cc(C(=O)/C=C/c2ccc(OC)c(OC)c2)cc(OC)n1. The highest BCUT2D eigenvalue weighted by atomic mass is 16.5. The first-order valence-corrected chi connectivity index (χ1v) is 7.15. The van der Waals surface area contributed by atoms with Gasteiger partial charge in [-0.25, -0.2) is 0 Å². The second-order valence-electron chi connectivity index (χ2n) is 4.75. The molecule has 0 spiro atoms. The molecule has 0 aliphatic rings. The average molecular weight is 329 g/mol. The summed E-state index contributed by atoms with van der Waals surface area (Å²) in [5.41, 5.74) is 1.24. The van der Waals surface area contributed by atoms with E-state index in [1.807, 2.05) is 6.07 Å². The molecule has 1 aromatic heterocycles. The maximum Gasteiger partial charge on any atom is 0.216 e. The van der Waals surface area contributed by atoms with Crippen LogP contribution in [-0.2, 0) is 0 Å². The monoisotopic (exact) mass is 329 g/mol. The Morgan fingerprint density at radius 3 is 2.04 bits per heavy atom. The van der Waals surface area contributed by atoms with E-state index in [1.165, 1.54) is 20.3 Å². The van der Waals surface area contributed by atoms with E-state index in [2.05, 4.69) is 4.98 Å². The molecule has 0 fully saturated rings. The number of nitrogens with zero attached hydrogens (tertiary/aromatic N) is 1. The van der Waals surface area contributed by atoms with Gasteiger partial charge in [0.1, 0.15) is 0 Å². The lowest BCUT2D eigenvalue weighted by Crippen LogP contribution is -1.99. The first kappa shape index (κ1) is 17.3. The van der Waals surface area contributed by atoms with Crippen molar-refractivity contribution in [3.8, 4) is 23.3 Å². The van der Waals surface area contributed by atoms with Gasteiger partial charge in [-0.1, -0.05) is 12.1 Å². The van der Waals surface area contributed by atoms with Crippen molar-refractivity contribution in [3.63, 3.8) is 0 Å². The molecule has 0 aliphatic heterocycles. The molecule has 0 saturated carbocycles. The van der Waals surface area contributed by atoms with E-state index >= 15 is 0 Å². The van der Waals surface area contributed by atoms with Crippen molar-refractivity contribution >= 4 is 11.9 Å². The van der Waals surface area contributed by atoms with E-state index in [4.69, 9.17) is 18.9 Å². The normalized spacial score (nSPS) is 10.5. The van der Waals surface area contributed by atoms with Crippen LogP contribution in [-0.4, -0.2) is 39.2 Å². The highest BCUT2D eigenvalue weighted by Gasteiger charge is 2.09. The number of ether oxygens (including phenoxy) is 4. The maximum atomic E-state index is 12.4. The number of ketones is 1. The molecule has 0 atom stereocenters. The smallest absolute Gasteiger partial charge is 0.216 e. The number of allylic oxidation sites excluding steroid dienone is 1. The van der Waals surface area contributed by atoms with Gasteiger partial charge >= 0.3 is 0 Å². The molecule has 6 heteroatoms. The molecule has 1 aromatic carbocycles. The van der Waals surface area contributed by atoms with Crippen LogP contribution >= 0.6 is 0 Å². The van der Waals surface area contributed by atoms with Crippen molar-refractivity contribution in [3.05, 3.63) is 47.5 Å². The van der Waals surface area contributed by atoms with E-state index in [-0.39, 0.29) is 5.78 Å². The number of hydrogen-bond acceptors (Lipinski definition) is 6. The summed E-state index contributed by atoms with van der Waals surface area (Å²) < 4.78 is 20.6. The molecule has 0 amide bonds. The van der Waals surface area contributed by atoms with Gasteiger partial charge in [0, 0.05) is 17.7 Å². The van der Waals surface area contributed by atoms with Crippen LogP contribution in [0.4, 0.5) is 0 Å². The molecular weight excluding hydrogens is 310 g/mol. The molecule has 2 aromatic rings. The summed E-state index contributed by atoms with van der Waals surface area (Å²) in [5, 5.41) is 0. The summed E-state index contributed by atoms with van der Waals surface area (Å²) >= 11 is 0. The fraction of sp³-hybridized carbons (Fsp3) is 0.222. The highest BCUT2D eigenvalue weighted by molar-refractivity contribution is 6.07. The molecule has 2 rings (SSSR count). The predicted octanol–water partition coefficient (Wildman–Crippen LogP) is 3.01. The molecule has 1 heterocycles. The number of aromatic nitrogens is 1. The van der Waals surface area contributed by atoms with Gasteiger partial charge in [0.15, 0.2) is 17.3 Å². The Morgan fingerprint density at radius 1 is 0.875 bits per heavy atom. The summed E-state index contributed by atoms with van der Waals surface area (Å²) in [6, 6.07) is 8.52. The molecule has 0 aliphatic carbocycles. The van der Waals surface area contributed by atoms with Crippen molar-refractivity contribution in [1.29, 1.82) is 0 Å². The Balaban J connectivity index is 2.24. The first-order chi connectivity index (χ1) is 11.6. The summed E-state index contributed by atoms with van der Waals surface area (Å²) in [6.45, 7) is 0.